The molecule has 0 unspecified atom stereocenters. The van der Waals surface area contributed by atoms with Gasteiger partial charge in [0, 0.05) is 5.56 Å². The molecule has 0 radical (unpaired) electrons. The molecule has 0 atom stereocenters. The third-order valence-corrected chi connectivity index (χ3v) is 4.55. The van der Waals surface area contributed by atoms with Gasteiger partial charge in [-0.15, -0.1) is 0 Å². The zero-order chi connectivity index (χ0) is 25.6. The first-order chi connectivity index (χ1) is 14.0. The number of aliphatic hydroxyl groups is 2. The lowest BCUT2D eigenvalue weighted by Crippen LogP contribution is -2.57. The smallest absolute Gasteiger partial charge is 0.370 e. The van der Waals surface area contributed by atoms with Gasteiger partial charge in [-0.3, -0.25) is 0 Å². The summed E-state index contributed by atoms with van der Waals surface area (Å²) in [6.45, 7) is 1.42. The predicted octanol–water partition coefficient (Wildman–Crippen LogP) is 6.20. The van der Waals surface area contributed by atoms with Crippen molar-refractivity contribution in [3.63, 3.8) is 0 Å². The maximum Gasteiger partial charge on any atom is 0.430 e. The number of benzene rings is 1. The monoisotopic (exact) mass is 490 g/mol. The van der Waals surface area contributed by atoms with Crippen molar-refractivity contribution in [2.45, 2.75) is 49.8 Å². The van der Waals surface area contributed by atoms with Crippen LogP contribution in [0.2, 0.25) is 0 Å². The van der Waals surface area contributed by atoms with Crippen LogP contribution >= 0.6 is 0 Å². The van der Waals surface area contributed by atoms with E-state index in [9.17, 15) is 62.9 Å². The lowest BCUT2D eigenvalue weighted by Gasteiger charge is -2.33. The second-order valence-corrected chi connectivity index (χ2v) is 6.69. The van der Waals surface area contributed by atoms with E-state index >= 15 is 0 Å². The Hall–Kier alpha value is -2.22. The summed E-state index contributed by atoms with van der Waals surface area (Å²) in [5.74, 6) is 0. The summed E-state index contributed by atoms with van der Waals surface area (Å²) in [6, 6.07) is 1.80. The topological polar surface area (TPSA) is 40.5 Å². The molecular weight excluding hydrogens is 476 g/mol. The third-order valence-electron chi connectivity index (χ3n) is 4.55. The van der Waals surface area contributed by atoms with Crippen molar-refractivity contribution in [2.75, 3.05) is 0 Å². The molecule has 182 valence electrons. The average molecular weight is 490 g/mol. The van der Waals surface area contributed by atoms with Gasteiger partial charge in [0.1, 0.15) is 0 Å². The van der Waals surface area contributed by atoms with Crippen molar-refractivity contribution in [3.8, 4) is 0 Å². The summed E-state index contributed by atoms with van der Waals surface area (Å²) < 4.78 is 154. The van der Waals surface area contributed by atoms with Crippen LogP contribution in [0.4, 0.5) is 52.7 Å². The molecule has 0 bridgehead atoms. The van der Waals surface area contributed by atoms with E-state index in [-0.39, 0.29) is 29.3 Å². The highest BCUT2D eigenvalue weighted by Gasteiger charge is 2.72. The number of halogens is 12. The van der Waals surface area contributed by atoms with E-state index in [1.807, 2.05) is 0 Å². The van der Waals surface area contributed by atoms with E-state index in [1.54, 1.807) is 0 Å². The third kappa shape index (κ3) is 4.75. The van der Waals surface area contributed by atoms with Crippen molar-refractivity contribution in [2.24, 2.45) is 0 Å². The average Bonchev–Trinajstić information content (AvgIpc) is 2.60. The largest absolute Gasteiger partial charge is 0.430 e. The minimum absolute atomic E-state index is 0.176. The van der Waals surface area contributed by atoms with Crippen LogP contribution in [0.15, 0.2) is 42.0 Å². The van der Waals surface area contributed by atoms with Gasteiger partial charge in [0.05, 0.1) is 0 Å². The fourth-order valence-electron chi connectivity index (χ4n) is 2.54. The maximum absolute atomic E-state index is 12.9. The molecule has 0 saturated heterocycles. The van der Waals surface area contributed by atoms with Gasteiger partial charge < -0.3 is 10.2 Å². The van der Waals surface area contributed by atoms with Gasteiger partial charge in [0.2, 0.25) is 0 Å². The summed E-state index contributed by atoms with van der Waals surface area (Å²) in [7, 11) is 0. The molecule has 0 saturated carbocycles. The van der Waals surface area contributed by atoms with Crippen molar-refractivity contribution >= 4 is 5.57 Å². The Morgan fingerprint density at radius 3 is 1.31 bits per heavy atom. The van der Waals surface area contributed by atoms with Crippen molar-refractivity contribution in [3.05, 3.63) is 53.1 Å². The van der Waals surface area contributed by atoms with Crippen molar-refractivity contribution < 1.29 is 62.9 Å². The second kappa shape index (κ2) is 8.28. The molecular formula is C18H14F12O2. The molecule has 2 nitrogen and oxygen atoms in total. The van der Waals surface area contributed by atoms with Crippen LogP contribution < -0.4 is 0 Å². The van der Waals surface area contributed by atoms with Gasteiger partial charge in [0.25, 0.3) is 11.2 Å². The Balaban J connectivity index is 3.41. The van der Waals surface area contributed by atoms with Crippen molar-refractivity contribution in [1.29, 1.82) is 0 Å². The van der Waals surface area contributed by atoms with Gasteiger partial charge >= 0.3 is 24.7 Å². The van der Waals surface area contributed by atoms with E-state index in [1.165, 1.54) is 0 Å². The molecule has 1 aromatic rings. The first kappa shape index (κ1) is 27.8. The molecule has 32 heavy (non-hydrogen) atoms. The number of alkyl halides is 12. The molecule has 0 amide bonds. The Kier molecular flexibility index (Phi) is 7.20. The lowest BCUT2D eigenvalue weighted by atomic mass is 9.90. The SMILES string of the molecule is C/C(=C\C=C(/C)C(O)(C(F)(F)F)C(F)(F)F)c1ccc(C(O)(C(F)(F)F)C(F)(F)F)cc1. The highest BCUT2D eigenvalue weighted by Crippen LogP contribution is 2.50. The van der Waals surface area contributed by atoms with E-state index in [0.29, 0.717) is 25.1 Å². The van der Waals surface area contributed by atoms with Crippen LogP contribution in [0.25, 0.3) is 5.57 Å². The fraction of sp³-hybridized carbons (Fsp3) is 0.444. The zero-order valence-corrected chi connectivity index (χ0v) is 15.9. The number of hydrogen-bond donors (Lipinski definition) is 2. The molecule has 0 heterocycles. The quantitative estimate of drug-likeness (QED) is 0.390. The number of hydrogen-bond acceptors (Lipinski definition) is 2. The summed E-state index contributed by atoms with van der Waals surface area (Å²) in [6.07, 6.45) is -23.6. The molecule has 1 rings (SSSR count). The zero-order valence-electron chi connectivity index (χ0n) is 15.9. The summed E-state index contributed by atoms with van der Waals surface area (Å²) >= 11 is 0. The van der Waals surface area contributed by atoms with Gasteiger partial charge in [0.15, 0.2) is 0 Å². The molecule has 0 aliphatic carbocycles. The Morgan fingerprint density at radius 1 is 0.625 bits per heavy atom. The van der Waals surface area contributed by atoms with Gasteiger partial charge in [-0.1, -0.05) is 36.4 Å². The first-order valence-corrected chi connectivity index (χ1v) is 8.20. The molecule has 0 aliphatic heterocycles. The van der Waals surface area contributed by atoms with Gasteiger partial charge in [-0.25, -0.2) is 0 Å². The van der Waals surface area contributed by atoms with Crippen LogP contribution in [0.3, 0.4) is 0 Å². The van der Waals surface area contributed by atoms with Crippen LogP contribution in [0, 0.1) is 0 Å². The minimum Gasteiger partial charge on any atom is -0.370 e. The van der Waals surface area contributed by atoms with Crippen molar-refractivity contribution in [1.82, 2.24) is 0 Å². The highest BCUT2D eigenvalue weighted by atomic mass is 19.4. The molecule has 0 spiro atoms. The molecule has 2 N–H and O–H groups in total. The van der Waals surface area contributed by atoms with Crippen LogP contribution in [0.1, 0.15) is 25.0 Å². The van der Waals surface area contributed by atoms with Crippen LogP contribution in [-0.2, 0) is 5.60 Å². The van der Waals surface area contributed by atoms with E-state index < -0.39 is 47.0 Å². The summed E-state index contributed by atoms with van der Waals surface area (Å²) in [5, 5.41) is 18.5. The second-order valence-electron chi connectivity index (χ2n) is 6.69. The molecule has 0 aliphatic rings. The van der Waals surface area contributed by atoms with E-state index in [0.717, 1.165) is 6.92 Å². The highest BCUT2D eigenvalue weighted by molar-refractivity contribution is 5.65. The van der Waals surface area contributed by atoms with Crippen LogP contribution in [0.5, 0.6) is 0 Å². The van der Waals surface area contributed by atoms with E-state index in [4.69, 9.17) is 0 Å². The molecule has 0 fully saturated rings. The van der Waals surface area contributed by atoms with E-state index in [2.05, 4.69) is 0 Å². The molecule has 0 aromatic heterocycles. The lowest BCUT2D eigenvalue weighted by molar-refractivity contribution is -0.376. The summed E-state index contributed by atoms with van der Waals surface area (Å²) in [5.41, 5.74) is -13.9. The fourth-order valence-corrected chi connectivity index (χ4v) is 2.54. The normalized spacial score (nSPS) is 15.9. The van der Waals surface area contributed by atoms with Crippen LogP contribution in [-0.4, -0.2) is 40.5 Å². The molecule has 1 aromatic carbocycles. The van der Waals surface area contributed by atoms with Gasteiger partial charge in [-0.05, 0) is 30.6 Å². The first-order valence-electron chi connectivity index (χ1n) is 8.20. The molecule has 14 heteroatoms. The van der Waals surface area contributed by atoms with Gasteiger partial charge in [-0.2, -0.15) is 52.7 Å². The maximum atomic E-state index is 12.9. The Labute approximate surface area is 172 Å². The summed E-state index contributed by atoms with van der Waals surface area (Å²) in [4.78, 5) is 0. The number of rotatable bonds is 4. The number of allylic oxidation sites excluding steroid dienone is 3. The Bertz CT molecular complexity index is 840. The predicted molar refractivity (Wildman–Crippen MR) is 86.9 cm³/mol. The minimum atomic E-state index is -6.14. The standard InChI is InChI=1S/C18H14F12O2/c1-9(3-4-10(2)13(31,15(19,20)21)16(22,23)24)11-5-7-12(8-6-11)14(32,17(25,26)27)18(28,29)30/h3-8,31-32H,1-2H3/b9-3+,10-4+. The Morgan fingerprint density at radius 2 is 1.00 bits per heavy atom.